The lowest BCUT2D eigenvalue weighted by Crippen LogP contribution is -2.18. The topological polar surface area (TPSA) is 85.1 Å². The number of nitrogens with zero attached hydrogens (tertiary/aromatic N) is 1. The first-order valence-electron chi connectivity index (χ1n) is 6.53. The lowest BCUT2D eigenvalue weighted by molar-refractivity contribution is 0.578. The Kier molecular flexibility index (Phi) is 4.13. The maximum Gasteiger partial charge on any atom is 0.232 e. The van der Waals surface area contributed by atoms with Crippen LogP contribution in [0.2, 0.25) is 0 Å². The number of sulfonamides is 1. The van der Waals surface area contributed by atoms with E-state index in [1.165, 1.54) is 0 Å². The van der Waals surface area contributed by atoms with Crippen LogP contribution in [0.4, 0.5) is 11.4 Å². The summed E-state index contributed by atoms with van der Waals surface area (Å²) in [4.78, 5) is 4.19. The normalized spacial score (nSPS) is 11.9. The lowest BCUT2D eigenvalue weighted by Gasteiger charge is -2.12. The van der Waals surface area contributed by atoms with Crippen molar-refractivity contribution in [2.24, 2.45) is 5.92 Å². The van der Waals surface area contributed by atoms with Gasteiger partial charge in [0.15, 0.2) is 0 Å². The Morgan fingerprint density at radius 3 is 2.75 bits per heavy atom. The third-order valence-corrected chi connectivity index (χ3v) is 4.33. The van der Waals surface area contributed by atoms with Crippen LogP contribution in [0.3, 0.4) is 0 Å². The molecule has 108 valence electrons. The number of hydrogen-bond acceptors (Lipinski definition) is 4. The molecule has 0 fully saturated rings. The van der Waals surface area contributed by atoms with Crippen molar-refractivity contribution in [3.05, 3.63) is 30.5 Å². The fourth-order valence-corrected chi connectivity index (χ4v) is 3.29. The monoisotopic (exact) mass is 293 g/mol. The van der Waals surface area contributed by atoms with Gasteiger partial charge >= 0.3 is 0 Å². The number of pyridine rings is 1. The molecule has 1 aromatic heterocycles. The Bertz CT molecular complexity index is 711. The predicted molar refractivity (Wildman–Crippen MR) is 83.0 cm³/mol. The highest BCUT2D eigenvalue weighted by molar-refractivity contribution is 7.92. The van der Waals surface area contributed by atoms with Crippen LogP contribution in [0, 0.1) is 5.92 Å². The minimum absolute atomic E-state index is 0.108. The number of fused-ring (bicyclic) bond motifs is 1. The van der Waals surface area contributed by atoms with Crippen molar-refractivity contribution in [2.45, 2.75) is 20.3 Å². The quantitative estimate of drug-likeness (QED) is 0.830. The zero-order chi connectivity index (χ0) is 14.8. The molecule has 0 amide bonds. The van der Waals surface area contributed by atoms with E-state index in [0.717, 1.165) is 0 Å². The van der Waals surface area contributed by atoms with Crippen molar-refractivity contribution in [1.82, 2.24) is 4.98 Å². The summed E-state index contributed by atoms with van der Waals surface area (Å²) < 4.78 is 26.8. The van der Waals surface area contributed by atoms with Gasteiger partial charge in [-0.25, -0.2) is 8.42 Å². The van der Waals surface area contributed by atoms with E-state index in [-0.39, 0.29) is 5.75 Å². The molecule has 0 aliphatic heterocycles. The summed E-state index contributed by atoms with van der Waals surface area (Å²) in [5.41, 5.74) is 7.51. The second-order valence-corrected chi connectivity index (χ2v) is 7.05. The summed E-state index contributed by atoms with van der Waals surface area (Å²) in [5.74, 6) is 0.452. The number of benzene rings is 1. The summed E-state index contributed by atoms with van der Waals surface area (Å²) in [6.07, 6.45) is 2.26. The summed E-state index contributed by atoms with van der Waals surface area (Å²) in [7, 11) is -3.35. The smallest absolute Gasteiger partial charge is 0.232 e. The van der Waals surface area contributed by atoms with Gasteiger partial charge in [0.1, 0.15) is 0 Å². The summed E-state index contributed by atoms with van der Waals surface area (Å²) in [5, 5.41) is 0.709. The van der Waals surface area contributed by atoms with Gasteiger partial charge < -0.3 is 5.73 Å². The number of rotatable bonds is 5. The van der Waals surface area contributed by atoms with Crippen molar-refractivity contribution in [3.63, 3.8) is 0 Å². The van der Waals surface area contributed by atoms with E-state index in [1.54, 1.807) is 30.5 Å². The molecule has 2 aromatic rings. The van der Waals surface area contributed by atoms with Crippen LogP contribution in [0.5, 0.6) is 0 Å². The molecule has 0 radical (unpaired) electrons. The van der Waals surface area contributed by atoms with Gasteiger partial charge in [0.2, 0.25) is 10.0 Å². The number of aromatic nitrogens is 1. The average Bonchev–Trinajstić information content (AvgIpc) is 2.40. The Morgan fingerprint density at radius 1 is 1.30 bits per heavy atom. The number of nitrogens with two attached hydrogens (primary N) is 1. The SMILES string of the molecule is CC(C)CCS(=O)(=O)Nc1ccc(N)c2ncccc12. The van der Waals surface area contributed by atoms with E-state index in [0.29, 0.717) is 34.6 Å². The second-order valence-electron chi connectivity index (χ2n) is 5.21. The highest BCUT2D eigenvalue weighted by atomic mass is 32.2. The maximum atomic E-state index is 12.1. The van der Waals surface area contributed by atoms with Gasteiger partial charge in [0.05, 0.1) is 22.6 Å². The Labute approximate surface area is 119 Å². The summed E-state index contributed by atoms with van der Waals surface area (Å²) >= 11 is 0. The minimum atomic E-state index is -3.35. The molecule has 0 saturated carbocycles. The van der Waals surface area contributed by atoms with E-state index in [9.17, 15) is 8.42 Å². The average molecular weight is 293 g/mol. The molecule has 6 heteroatoms. The zero-order valence-electron chi connectivity index (χ0n) is 11.6. The third-order valence-electron chi connectivity index (χ3n) is 3.03. The summed E-state index contributed by atoms with van der Waals surface area (Å²) in [6.45, 7) is 4.00. The number of nitrogens with one attached hydrogen (secondary N) is 1. The van der Waals surface area contributed by atoms with Gasteiger partial charge in [-0.1, -0.05) is 13.8 Å². The van der Waals surface area contributed by atoms with Crippen molar-refractivity contribution in [2.75, 3.05) is 16.2 Å². The molecule has 0 saturated heterocycles. The molecule has 0 aliphatic rings. The second kappa shape index (κ2) is 5.66. The first-order chi connectivity index (χ1) is 9.39. The Morgan fingerprint density at radius 2 is 2.05 bits per heavy atom. The lowest BCUT2D eigenvalue weighted by atomic mass is 10.1. The van der Waals surface area contributed by atoms with E-state index in [1.807, 2.05) is 13.8 Å². The molecule has 0 aliphatic carbocycles. The molecule has 20 heavy (non-hydrogen) atoms. The van der Waals surface area contributed by atoms with Crippen molar-refractivity contribution in [3.8, 4) is 0 Å². The highest BCUT2D eigenvalue weighted by Crippen LogP contribution is 2.27. The van der Waals surface area contributed by atoms with Gasteiger partial charge in [-0.15, -0.1) is 0 Å². The Balaban J connectivity index is 2.33. The van der Waals surface area contributed by atoms with Crippen LogP contribution in [0.25, 0.3) is 10.9 Å². The molecule has 0 spiro atoms. The number of nitrogen functional groups attached to an aromatic ring is 1. The van der Waals surface area contributed by atoms with Gasteiger partial charge in [0.25, 0.3) is 0 Å². The van der Waals surface area contributed by atoms with Crippen LogP contribution in [0.15, 0.2) is 30.5 Å². The standard InChI is InChI=1S/C14H19N3O2S/c1-10(2)7-9-20(18,19)17-13-6-5-12(15)14-11(13)4-3-8-16-14/h3-6,8,10,17H,7,9,15H2,1-2H3. The molecule has 2 rings (SSSR count). The molecule has 0 bridgehead atoms. The van der Waals surface area contributed by atoms with E-state index < -0.39 is 10.0 Å². The fraction of sp³-hybridized carbons (Fsp3) is 0.357. The zero-order valence-corrected chi connectivity index (χ0v) is 12.4. The van der Waals surface area contributed by atoms with Crippen molar-refractivity contribution in [1.29, 1.82) is 0 Å². The molecule has 1 aromatic carbocycles. The van der Waals surface area contributed by atoms with E-state index in [2.05, 4.69) is 9.71 Å². The first kappa shape index (κ1) is 14.6. The van der Waals surface area contributed by atoms with E-state index >= 15 is 0 Å². The first-order valence-corrected chi connectivity index (χ1v) is 8.18. The number of hydrogen-bond donors (Lipinski definition) is 2. The van der Waals surface area contributed by atoms with Crippen molar-refractivity contribution >= 4 is 32.3 Å². The maximum absolute atomic E-state index is 12.1. The molecular formula is C14H19N3O2S. The molecule has 3 N–H and O–H groups in total. The van der Waals surface area contributed by atoms with Crippen LogP contribution < -0.4 is 10.5 Å². The van der Waals surface area contributed by atoms with Gasteiger partial charge in [-0.3, -0.25) is 9.71 Å². The van der Waals surface area contributed by atoms with Crippen molar-refractivity contribution < 1.29 is 8.42 Å². The molecule has 5 nitrogen and oxygen atoms in total. The van der Waals surface area contributed by atoms with E-state index in [4.69, 9.17) is 5.73 Å². The minimum Gasteiger partial charge on any atom is -0.397 e. The van der Waals surface area contributed by atoms with Gasteiger partial charge in [-0.05, 0) is 36.6 Å². The molecule has 1 heterocycles. The highest BCUT2D eigenvalue weighted by Gasteiger charge is 2.14. The third kappa shape index (κ3) is 3.39. The van der Waals surface area contributed by atoms with Gasteiger partial charge in [0, 0.05) is 11.6 Å². The molecule has 0 unspecified atom stereocenters. The predicted octanol–water partition coefficient (Wildman–Crippen LogP) is 2.60. The largest absolute Gasteiger partial charge is 0.397 e. The van der Waals surface area contributed by atoms with Crippen LogP contribution >= 0.6 is 0 Å². The van der Waals surface area contributed by atoms with Gasteiger partial charge in [-0.2, -0.15) is 0 Å². The van der Waals surface area contributed by atoms with Crippen LogP contribution in [-0.2, 0) is 10.0 Å². The fourth-order valence-electron chi connectivity index (χ4n) is 1.89. The van der Waals surface area contributed by atoms with Crippen LogP contribution in [-0.4, -0.2) is 19.2 Å². The molecular weight excluding hydrogens is 274 g/mol. The Hall–Kier alpha value is -1.82. The molecule has 0 atom stereocenters. The summed E-state index contributed by atoms with van der Waals surface area (Å²) in [6, 6.07) is 6.90. The number of anilines is 2. The van der Waals surface area contributed by atoms with Crippen LogP contribution in [0.1, 0.15) is 20.3 Å².